The minimum absolute atomic E-state index is 0.194. The van der Waals surface area contributed by atoms with E-state index in [2.05, 4.69) is 5.32 Å². The van der Waals surface area contributed by atoms with Gasteiger partial charge in [0.2, 0.25) is 15.9 Å². The number of rotatable bonds is 9. The third-order valence-corrected chi connectivity index (χ3v) is 5.65. The van der Waals surface area contributed by atoms with Gasteiger partial charge in [-0.05, 0) is 36.4 Å². The highest BCUT2D eigenvalue weighted by Gasteiger charge is 2.16. The first-order valence-electron chi connectivity index (χ1n) is 8.59. The molecule has 2 aromatic rings. The van der Waals surface area contributed by atoms with Crippen LogP contribution < -0.4 is 14.8 Å². The first kappa shape index (κ1) is 21.5. The van der Waals surface area contributed by atoms with Crippen LogP contribution in [-0.2, 0) is 14.8 Å². The third-order valence-electron chi connectivity index (χ3n) is 3.83. The molecule has 0 saturated heterocycles. The molecule has 0 aromatic heterocycles. The lowest BCUT2D eigenvalue weighted by molar-refractivity contribution is -0.116. The summed E-state index contributed by atoms with van der Waals surface area (Å²) < 4.78 is 35.9. The van der Waals surface area contributed by atoms with E-state index in [1.54, 1.807) is 25.3 Å². The number of hydrogen-bond donors (Lipinski definition) is 1. The van der Waals surface area contributed by atoms with E-state index in [1.807, 2.05) is 24.3 Å². The number of para-hydroxylation sites is 1. The summed E-state index contributed by atoms with van der Waals surface area (Å²) in [6, 6.07) is 13.5. The van der Waals surface area contributed by atoms with Crippen molar-refractivity contribution < 1.29 is 22.7 Å². The molecule has 7 nitrogen and oxygen atoms in total. The average Bonchev–Trinajstić information content (AvgIpc) is 2.70. The number of carbonyl (C=O) groups is 1. The fraction of sp³-hybridized carbons (Fsp3) is 0.250. The van der Waals surface area contributed by atoms with E-state index < -0.39 is 10.0 Å². The van der Waals surface area contributed by atoms with Crippen molar-refractivity contribution in [2.24, 2.45) is 0 Å². The lowest BCUT2D eigenvalue weighted by Gasteiger charge is -2.12. The van der Waals surface area contributed by atoms with E-state index in [-0.39, 0.29) is 17.4 Å². The molecule has 0 fully saturated rings. The lowest BCUT2D eigenvalue weighted by Crippen LogP contribution is -2.26. The van der Waals surface area contributed by atoms with E-state index in [1.165, 1.54) is 32.3 Å². The Morgan fingerprint density at radius 3 is 2.43 bits per heavy atom. The van der Waals surface area contributed by atoms with Gasteiger partial charge in [0.15, 0.2) is 0 Å². The van der Waals surface area contributed by atoms with Crippen LogP contribution in [-0.4, -0.2) is 53.0 Å². The number of ether oxygens (including phenoxy) is 2. The Morgan fingerprint density at radius 2 is 1.79 bits per heavy atom. The summed E-state index contributed by atoms with van der Waals surface area (Å²) in [6.45, 7) is 0.570. The molecular weight excluding hydrogens is 380 g/mol. The second-order valence-electron chi connectivity index (χ2n) is 5.97. The highest BCUT2D eigenvalue weighted by atomic mass is 32.2. The van der Waals surface area contributed by atoms with E-state index in [0.29, 0.717) is 18.0 Å². The third kappa shape index (κ3) is 5.83. The Labute approximate surface area is 165 Å². The topological polar surface area (TPSA) is 84.9 Å². The summed E-state index contributed by atoms with van der Waals surface area (Å²) >= 11 is 0. The van der Waals surface area contributed by atoms with Crippen LogP contribution in [0, 0.1) is 0 Å². The number of sulfonamides is 1. The second kappa shape index (κ2) is 9.91. The normalized spacial score (nSPS) is 11.6. The van der Waals surface area contributed by atoms with Crippen LogP contribution in [0.1, 0.15) is 5.56 Å². The molecule has 0 unspecified atom stereocenters. The monoisotopic (exact) mass is 404 g/mol. The van der Waals surface area contributed by atoms with Crippen molar-refractivity contribution in [3.05, 3.63) is 60.2 Å². The molecule has 2 rings (SSSR count). The van der Waals surface area contributed by atoms with Crippen LogP contribution >= 0.6 is 0 Å². The Morgan fingerprint density at radius 1 is 1.11 bits per heavy atom. The fourth-order valence-corrected chi connectivity index (χ4v) is 3.19. The summed E-state index contributed by atoms with van der Waals surface area (Å²) in [5.74, 6) is 0.966. The molecule has 0 radical (unpaired) electrons. The molecule has 0 atom stereocenters. The molecule has 0 aliphatic heterocycles. The maximum atomic E-state index is 12.0. The Hall–Kier alpha value is -2.84. The lowest BCUT2D eigenvalue weighted by atomic mass is 10.2. The Kier molecular flexibility index (Phi) is 7.60. The first-order chi connectivity index (χ1) is 13.3. The van der Waals surface area contributed by atoms with Gasteiger partial charge in [0.25, 0.3) is 0 Å². The molecule has 2 aromatic carbocycles. The van der Waals surface area contributed by atoms with Crippen LogP contribution in [0.25, 0.3) is 6.08 Å². The van der Waals surface area contributed by atoms with Crippen LogP contribution in [0.15, 0.2) is 59.5 Å². The maximum Gasteiger partial charge on any atom is 0.244 e. The van der Waals surface area contributed by atoms with Gasteiger partial charge in [-0.15, -0.1) is 0 Å². The summed E-state index contributed by atoms with van der Waals surface area (Å²) in [5, 5.41) is 2.72. The zero-order valence-corrected chi connectivity index (χ0v) is 16.9. The van der Waals surface area contributed by atoms with Crippen molar-refractivity contribution in [1.82, 2.24) is 9.62 Å². The quantitative estimate of drug-likeness (QED) is 0.511. The van der Waals surface area contributed by atoms with Crippen molar-refractivity contribution >= 4 is 22.0 Å². The number of benzene rings is 2. The number of nitrogens with zero attached hydrogens (tertiary/aromatic N) is 1. The number of amides is 1. The molecule has 0 aliphatic carbocycles. The largest absolute Gasteiger partial charge is 0.496 e. The average molecular weight is 404 g/mol. The van der Waals surface area contributed by atoms with Gasteiger partial charge in [-0.1, -0.05) is 18.2 Å². The SMILES string of the molecule is COc1ccccc1/C=C/C(=O)NCCOc1ccc(S(=O)(=O)N(C)C)cc1. The van der Waals surface area contributed by atoms with Crippen molar-refractivity contribution in [2.45, 2.75) is 4.90 Å². The molecule has 0 aliphatic rings. The predicted molar refractivity (Wildman–Crippen MR) is 108 cm³/mol. The molecule has 1 N–H and O–H groups in total. The number of carbonyl (C=O) groups excluding carboxylic acids is 1. The van der Waals surface area contributed by atoms with Gasteiger partial charge in [-0.25, -0.2) is 12.7 Å². The van der Waals surface area contributed by atoms with Crippen LogP contribution in [0.5, 0.6) is 11.5 Å². The molecule has 0 saturated carbocycles. The number of methoxy groups -OCH3 is 1. The molecule has 0 bridgehead atoms. The number of hydrogen-bond acceptors (Lipinski definition) is 5. The molecule has 0 heterocycles. The van der Waals surface area contributed by atoms with Crippen LogP contribution in [0.2, 0.25) is 0 Å². The van der Waals surface area contributed by atoms with E-state index in [9.17, 15) is 13.2 Å². The summed E-state index contributed by atoms with van der Waals surface area (Å²) in [7, 11) is 1.07. The smallest absolute Gasteiger partial charge is 0.244 e. The van der Waals surface area contributed by atoms with Gasteiger partial charge in [0.1, 0.15) is 18.1 Å². The van der Waals surface area contributed by atoms with Crippen molar-refractivity contribution in [3.8, 4) is 11.5 Å². The molecular formula is C20H24N2O5S. The standard InChI is InChI=1S/C20H24N2O5S/c1-22(2)28(24,25)18-11-9-17(10-12-18)27-15-14-21-20(23)13-8-16-6-4-5-7-19(16)26-3/h4-13H,14-15H2,1-3H3,(H,21,23)/b13-8+. The van der Waals surface area contributed by atoms with E-state index in [4.69, 9.17) is 9.47 Å². The molecule has 1 amide bonds. The van der Waals surface area contributed by atoms with Gasteiger partial charge in [0, 0.05) is 25.7 Å². The van der Waals surface area contributed by atoms with Crippen LogP contribution in [0.4, 0.5) is 0 Å². The summed E-state index contributed by atoms with van der Waals surface area (Å²) in [6.07, 6.45) is 3.11. The van der Waals surface area contributed by atoms with Gasteiger partial charge in [-0.3, -0.25) is 4.79 Å². The first-order valence-corrected chi connectivity index (χ1v) is 10.0. The maximum absolute atomic E-state index is 12.0. The zero-order chi connectivity index (χ0) is 20.6. The second-order valence-corrected chi connectivity index (χ2v) is 8.13. The van der Waals surface area contributed by atoms with Crippen LogP contribution in [0.3, 0.4) is 0 Å². The van der Waals surface area contributed by atoms with Gasteiger partial charge < -0.3 is 14.8 Å². The molecule has 0 spiro atoms. The number of nitrogens with one attached hydrogen (secondary N) is 1. The van der Waals surface area contributed by atoms with Crippen molar-refractivity contribution in [1.29, 1.82) is 0 Å². The summed E-state index contributed by atoms with van der Waals surface area (Å²) in [4.78, 5) is 12.1. The zero-order valence-electron chi connectivity index (χ0n) is 16.1. The Bertz CT molecular complexity index is 922. The van der Waals surface area contributed by atoms with Gasteiger partial charge >= 0.3 is 0 Å². The highest BCUT2D eigenvalue weighted by Crippen LogP contribution is 2.19. The van der Waals surface area contributed by atoms with Gasteiger partial charge in [0.05, 0.1) is 18.6 Å². The van der Waals surface area contributed by atoms with Gasteiger partial charge in [-0.2, -0.15) is 0 Å². The highest BCUT2D eigenvalue weighted by molar-refractivity contribution is 7.89. The van der Waals surface area contributed by atoms with Crippen molar-refractivity contribution in [3.63, 3.8) is 0 Å². The molecule has 8 heteroatoms. The molecule has 28 heavy (non-hydrogen) atoms. The molecule has 150 valence electrons. The fourth-order valence-electron chi connectivity index (χ4n) is 2.29. The minimum atomic E-state index is -3.46. The predicted octanol–water partition coefficient (Wildman–Crippen LogP) is 2.15. The van der Waals surface area contributed by atoms with E-state index in [0.717, 1.165) is 9.87 Å². The Balaban J connectivity index is 1.79. The minimum Gasteiger partial charge on any atom is -0.496 e. The van der Waals surface area contributed by atoms with E-state index >= 15 is 0 Å². The van der Waals surface area contributed by atoms with Crippen molar-refractivity contribution in [2.75, 3.05) is 34.4 Å². The summed E-state index contributed by atoms with van der Waals surface area (Å²) in [5.41, 5.74) is 0.809.